The molecule has 74 valence electrons. The van der Waals surface area contributed by atoms with Crippen molar-refractivity contribution in [2.45, 2.75) is 32.6 Å². The first-order valence-corrected chi connectivity index (χ1v) is 5.09. The van der Waals surface area contributed by atoms with Crippen LogP contribution in [0.2, 0.25) is 0 Å². The van der Waals surface area contributed by atoms with E-state index >= 15 is 0 Å². The lowest BCUT2D eigenvalue weighted by Gasteiger charge is -2.15. The largest absolute Gasteiger partial charge is 0.355 e. The average Bonchev–Trinajstić information content (AvgIpc) is 2.98. The lowest BCUT2D eigenvalue weighted by Crippen LogP contribution is -2.38. The second-order valence-corrected chi connectivity index (χ2v) is 4.98. The SMILES string of the molecule is CC1(CNC(=O)C2(CN)CC2)CC1. The maximum Gasteiger partial charge on any atom is 0.227 e. The fourth-order valence-corrected chi connectivity index (χ4v) is 1.55. The molecule has 3 heteroatoms. The Bertz CT molecular complexity index is 229. The number of hydrogen-bond donors (Lipinski definition) is 2. The molecular formula is C10H18N2O. The second-order valence-electron chi connectivity index (χ2n) is 4.98. The van der Waals surface area contributed by atoms with Crippen molar-refractivity contribution in [3.05, 3.63) is 0 Å². The van der Waals surface area contributed by atoms with Gasteiger partial charge in [0, 0.05) is 13.1 Å². The Labute approximate surface area is 79.1 Å². The molecule has 1 amide bonds. The van der Waals surface area contributed by atoms with E-state index in [0.29, 0.717) is 12.0 Å². The minimum absolute atomic E-state index is 0.175. The minimum atomic E-state index is -0.175. The molecule has 0 aromatic heterocycles. The highest BCUT2D eigenvalue weighted by Gasteiger charge is 2.49. The van der Waals surface area contributed by atoms with Crippen LogP contribution in [-0.4, -0.2) is 19.0 Å². The predicted molar refractivity (Wildman–Crippen MR) is 51.1 cm³/mol. The van der Waals surface area contributed by atoms with Crippen molar-refractivity contribution >= 4 is 5.91 Å². The lowest BCUT2D eigenvalue weighted by molar-refractivity contribution is -0.126. The molecule has 2 rings (SSSR count). The third kappa shape index (κ3) is 1.70. The van der Waals surface area contributed by atoms with E-state index in [4.69, 9.17) is 5.73 Å². The topological polar surface area (TPSA) is 55.1 Å². The number of carbonyl (C=O) groups is 1. The zero-order chi connectivity index (χ0) is 9.53. The van der Waals surface area contributed by atoms with Crippen LogP contribution >= 0.6 is 0 Å². The molecule has 3 N–H and O–H groups in total. The summed E-state index contributed by atoms with van der Waals surface area (Å²) in [5.41, 5.74) is 5.79. The van der Waals surface area contributed by atoms with E-state index < -0.39 is 0 Å². The molecule has 0 radical (unpaired) electrons. The van der Waals surface area contributed by atoms with Crippen molar-refractivity contribution in [2.75, 3.05) is 13.1 Å². The van der Waals surface area contributed by atoms with Gasteiger partial charge in [-0.3, -0.25) is 4.79 Å². The van der Waals surface area contributed by atoms with E-state index in [9.17, 15) is 4.79 Å². The second kappa shape index (κ2) is 2.71. The van der Waals surface area contributed by atoms with Gasteiger partial charge in [0.1, 0.15) is 0 Å². The number of rotatable bonds is 4. The van der Waals surface area contributed by atoms with Gasteiger partial charge in [-0.25, -0.2) is 0 Å². The Morgan fingerprint density at radius 1 is 1.38 bits per heavy atom. The summed E-state index contributed by atoms with van der Waals surface area (Å²) in [6, 6.07) is 0. The Morgan fingerprint density at radius 2 is 2.00 bits per heavy atom. The monoisotopic (exact) mass is 182 g/mol. The summed E-state index contributed by atoms with van der Waals surface area (Å²) in [5, 5.41) is 3.02. The maximum absolute atomic E-state index is 11.6. The number of carbonyl (C=O) groups excluding carboxylic acids is 1. The van der Waals surface area contributed by atoms with Gasteiger partial charge in [-0.15, -0.1) is 0 Å². The Hall–Kier alpha value is -0.570. The van der Waals surface area contributed by atoms with Crippen molar-refractivity contribution in [1.82, 2.24) is 5.32 Å². The van der Waals surface area contributed by atoms with Gasteiger partial charge in [-0.2, -0.15) is 0 Å². The Kier molecular flexibility index (Phi) is 1.88. The number of nitrogens with one attached hydrogen (secondary N) is 1. The molecule has 0 aromatic carbocycles. The van der Waals surface area contributed by atoms with Crippen LogP contribution < -0.4 is 11.1 Å². The maximum atomic E-state index is 11.6. The summed E-state index contributed by atoms with van der Waals surface area (Å²) >= 11 is 0. The molecule has 0 spiro atoms. The molecule has 0 aromatic rings. The predicted octanol–water partition coefficient (Wildman–Crippen LogP) is 0.642. The van der Waals surface area contributed by atoms with E-state index in [0.717, 1.165) is 19.4 Å². The molecule has 2 fully saturated rings. The fourth-order valence-electron chi connectivity index (χ4n) is 1.55. The molecule has 0 aliphatic heterocycles. The van der Waals surface area contributed by atoms with Crippen molar-refractivity contribution in [3.8, 4) is 0 Å². The van der Waals surface area contributed by atoms with E-state index in [-0.39, 0.29) is 11.3 Å². The van der Waals surface area contributed by atoms with Crippen LogP contribution in [0.15, 0.2) is 0 Å². The molecule has 3 nitrogen and oxygen atoms in total. The quantitative estimate of drug-likeness (QED) is 0.670. The zero-order valence-corrected chi connectivity index (χ0v) is 8.23. The van der Waals surface area contributed by atoms with Crippen molar-refractivity contribution < 1.29 is 4.79 Å². The highest BCUT2D eigenvalue weighted by atomic mass is 16.2. The van der Waals surface area contributed by atoms with E-state index in [1.165, 1.54) is 12.8 Å². The zero-order valence-electron chi connectivity index (χ0n) is 8.23. The molecule has 0 saturated heterocycles. The van der Waals surface area contributed by atoms with Crippen LogP contribution in [0.3, 0.4) is 0 Å². The van der Waals surface area contributed by atoms with Gasteiger partial charge < -0.3 is 11.1 Å². The van der Waals surface area contributed by atoms with Crippen molar-refractivity contribution in [2.24, 2.45) is 16.6 Å². The van der Waals surface area contributed by atoms with Crippen LogP contribution in [-0.2, 0) is 4.79 Å². The van der Waals surface area contributed by atoms with E-state index in [1.807, 2.05) is 0 Å². The first-order chi connectivity index (χ1) is 6.10. The van der Waals surface area contributed by atoms with Crippen LogP contribution in [0.25, 0.3) is 0 Å². The molecule has 2 aliphatic rings. The van der Waals surface area contributed by atoms with Crippen LogP contribution in [0, 0.1) is 10.8 Å². The Morgan fingerprint density at radius 3 is 2.38 bits per heavy atom. The molecule has 0 unspecified atom stereocenters. The summed E-state index contributed by atoms with van der Waals surface area (Å²) in [4.78, 5) is 11.6. The number of amides is 1. The normalized spacial score (nSPS) is 26.6. The van der Waals surface area contributed by atoms with Crippen molar-refractivity contribution in [1.29, 1.82) is 0 Å². The first-order valence-electron chi connectivity index (χ1n) is 5.09. The number of hydrogen-bond acceptors (Lipinski definition) is 2. The summed E-state index contributed by atoms with van der Waals surface area (Å²) in [5.74, 6) is 0.183. The van der Waals surface area contributed by atoms with Crippen LogP contribution in [0.1, 0.15) is 32.6 Å². The van der Waals surface area contributed by atoms with E-state index in [2.05, 4.69) is 12.2 Å². The summed E-state index contributed by atoms with van der Waals surface area (Å²) in [7, 11) is 0. The van der Waals surface area contributed by atoms with Gasteiger partial charge in [0.25, 0.3) is 0 Å². The van der Waals surface area contributed by atoms with Crippen LogP contribution in [0.5, 0.6) is 0 Å². The fraction of sp³-hybridized carbons (Fsp3) is 0.900. The third-order valence-electron chi connectivity index (χ3n) is 3.51. The third-order valence-corrected chi connectivity index (χ3v) is 3.51. The standard InChI is InChI=1S/C10H18N2O/c1-9(2-3-9)7-12-8(13)10(6-11)4-5-10/h2-7,11H2,1H3,(H,12,13). The molecule has 0 heterocycles. The van der Waals surface area contributed by atoms with Crippen molar-refractivity contribution in [3.63, 3.8) is 0 Å². The van der Waals surface area contributed by atoms with E-state index in [1.54, 1.807) is 0 Å². The van der Waals surface area contributed by atoms with Gasteiger partial charge >= 0.3 is 0 Å². The number of nitrogens with two attached hydrogens (primary N) is 1. The molecule has 0 atom stereocenters. The Balaban J connectivity index is 1.78. The molecule has 2 saturated carbocycles. The summed E-state index contributed by atoms with van der Waals surface area (Å²) in [6.07, 6.45) is 4.46. The smallest absolute Gasteiger partial charge is 0.227 e. The first kappa shape index (κ1) is 9.00. The van der Waals surface area contributed by atoms with Gasteiger partial charge in [0.2, 0.25) is 5.91 Å². The summed E-state index contributed by atoms with van der Waals surface area (Å²) < 4.78 is 0. The molecular weight excluding hydrogens is 164 g/mol. The lowest BCUT2D eigenvalue weighted by atomic mass is 10.1. The highest BCUT2D eigenvalue weighted by molar-refractivity contribution is 5.85. The van der Waals surface area contributed by atoms with Gasteiger partial charge in [0.05, 0.1) is 5.41 Å². The molecule has 0 bridgehead atoms. The van der Waals surface area contributed by atoms with Crippen LogP contribution in [0.4, 0.5) is 0 Å². The molecule has 2 aliphatic carbocycles. The average molecular weight is 182 g/mol. The summed E-state index contributed by atoms with van der Waals surface area (Å²) in [6.45, 7) is 3.57. The molecule has 13 heavy (non-hydrogen) atoms. The minimum Gasteiger partial charge on any atom is -0.355 e. The van der Waals surface area contributed by atoms with Gasteiger partial charge in [0.15, 0.2) is 0 Å². The highest BCUT2D eigenvalue weighted by Crippen LogP contribution is 2.46. The van der Waals surface area contributed by atoms with Gasteiger partial charge in [-0.05, 0) is 31.1 Å². The van der Waals surface area contributed by atoms with Gasteiger partial charge in [-0.1, -0.05) is 6.92 Å².